The number of nitrogens with two attached hydrogens (primary N) is 1. The van der Waals surface area contributed by atoms with Crippen molar-refractivity contribution in [2.24, 2.45) is 19.1 Å². The Morgan fingerprint density at radius 2 is 1.02 bits per heavy atom. The van der Waals surface area contributed by atoms with Gasteiger partial charge in [-0.15, -0.1) is 0 Å². The number of hydrogen-bond acceptors (Lipinski definition) is 8. The lowest BCUT2D eigenvalue weighted by molar-refractivity contribution is -0.176. The Balaban J connectivity index is 0.000000206. The van der Waals surface area contributed by atoms with E-state index in [1.54, 1.807) is 55.1 Å². The minimum atomic E-state index is -0.183. The zero-order valence-electron chi connectivity index (χ0n) is 25.8. The summed E-state index contributed by atoms with van der Waals surface area (Å²) in [5.41, 5.74) is 9.77. The summed E-state index contributed by atoms with van der Waals surface area (Å²) in [5.74, 6) is 0.243. The van der Waals surface area contributed by atoms with Gasteiger partial charge in [0.2, 0.25) is 0 Å². The van der Waals surface area contributed by atoms with Crippen molar-refractivity contribution in [1.82, 2.24) is 18.7 Å². The molecule has 238 valence electrons. The van der Waals surface area contributed by atoms with E-state index in [2.05, 4.69) is 4.99 Å². The zero-order valence-corrected chi connectivity index (χ0v) is 25.8. The second-order valence-corrected chi connectivity index (χ2v) is 9.83. The molecule has 0 amide bonds. The summed E-state index contributed by atoms with van der Waals surface area (Å²) in [6, 6.07) is 27.6. The molecule has 0 spiro atoms. The lowest BCUT2D eigenvalue weighted by atomic mass is 10.1. The second kappa shape index (κ2) is 16.2. The van der Waals surface area contributed by atoms with Crippen LogP contribution in [0.2, 0.25) is 0 Å². The lowest BCUT2D eigenvalue weighted by Crippen LogP contribution is -2.20. The molecule has 6 rings (SSSR count). The van der Waals surface area contributed by atoms with Gasteiger partial charge in [-0.2, -0.15) is 0 Å². The number of ketones is 1. The monoisotopic (exact) mass is 624 g/mol. The molecule has 0 saturated heterocycles. The van der Waals surface area contributed by atoms with Crippen LogP contribution in [0.4, 0.5) is 11.4 Å². The number of aliphatic imine (C=N–C) groups is 1. The number of benzene rings is 3. The highest BCUT2D eigenvalue weighted by Crippen LogP contribution is 2.18. The number of phenols is 1. The Bertz CT molecular complexity index is 1950. The maximum absolute atomic E-state index is 12.7. The Hall–Kier alpha value is -5.98. The van der Waals surface area contributed by atoms with Gasteiger partial charge in [0.15, 0.2) is 11.5 Å². The third kappa shape index (κ3) is 8.14. The number of aromatic nitrogens is 4. The van der Waals surface area contributed by atoms with Gasteiger partial charge in [-0.25, -0.2) is 14.4 Å². The smallest absolute Gasteiger partial charge is 0.297 e. The number of anilines is 1. The van der Waals surface area contributed by atoms with Gasteiger partial charge >= 0.3 is 0 Å². The molecular weight excluding hydrogens is 588 g/mol. The van der Waals surface area contributed by atoms with Crippen molar-refractivity contribution in [2.75, 3.05) is 5.73 Å². The van der Waals surface area contributed by atoms with Gasteiger partial charge in [-0.05, 0) is 74.5 Å². The molecule has 0 unspecified atom stereocenters. The van der Waals surface area contributed by atoms with Crippen LogP contribution in [0.1, 0.15) is 11.4 Å². The van der Waals surface area contributed by atoms with Gasteiger partial charge in [0.1, 0.15) is 11.4 Å². The molecular formula is C34H36N6O6. The highest BCUT2D eigenvalue weighted by Gasteiger charge is 2.16. The van der Waals surface area contributed by atoms with E-state index in [1.165, 1.54) is 12.2 Å². The Morgan fingerprint density at radius 3 is 1.41 bits per heavy atom. The number of nitrogens with zero attached hydrogens (tertiary/aromatic N) is 5. The highest BCUT2D eigenvalue weighted by atomic mass is 17.0. The minimum absolute atomic E-state index is 0.0783. The van der Waals surface area contributed by atoms with Crippen molar-refractivity contribution < 1.29 is 20.4 Å². The fraction of sp³-hybridized carbons (Fsp3) is 0.118. The van der Waals surface area contributed by atoms with Crippen LogP contribution < -0.4 is 16.9 Å². The van der Waals surface area contributed by atoms with Crippen molar-refractivity contribution in [3.05, 3.63) is 147 Å². The number of carbonyl (C=O) groups is 1. The molecule has 0 aliphatic heterocycles. The first-order chi connectivity index (χ1) is 22.1. The van der Waals surface area contributed by atoms with Crippen LogP contribution in [-0.4, -0.2) is 45.8 Å². The van der Waals surface area contributed by atoms with Gasteiger partial charge < -0.3 is 10.8 Å². The van der Waals surface area contributed by atoms with Crippen molar-refractivity contribution in [3.8, 4) is 17.1 Å². The normalized spacial score (nSPS) is 11.4. The third-order valence-corrected chi connectivity index (χ3v) is 6.96. The number of rotatable bonds is 3. The first kappa shape index (κ1) is 34.5. The number of carbonyl (C=O) groups excluding carboxylic acids is 1. The lowest BCUT2D eigenvalue weighted by Gasteiger charge is -2.07. The molecule has 46 heavy (non-hydrogen) atoms. The van der Waals surface area contributed by atoms with Crippen molar-refractivity contribution >= 4 is 22.9 Å². The van der Waals surface area contributed by atoms with Gasteiger partial charge in [0.05, 0.1) is 28.5 Å². The average molecular weight is 625 g/mol. The van der Waals surface area contributed by atoms with Gasteiger partial charge in [0.25, 0.3) is 11.1 Å². The molecule has 3 aromatic carbocycles. The van der Waals surface area contributed by atoms with Crippen LogP contribution in [0.3, 0.4) is 0 Å². The first-order valence-electron chi connectivity index (χ1n) is 14.0. The van der Waals surface area contributed by atoms with E-state index >= 15 is 0 Å². The van der Waals surface area contributed by atoms with Gasteiger partial charge in [-0.3, -0.25) is 34.3 Å². The Labute approximate surface area is 265 Å². The number of hydrogen-bond donors (Lipinski definition) is 4. The maximum atomic E-state index is 12.7. The number of allylic oxidation sites excluding steroid dienone is 4. The first-order valence-corrected chi connectivity index (χ1v) is 14.0. The van der Waals surface area contributed by atoms with Crippen LogP contribution in [0.5, 0.6) is 5.75 Å². The molecule has 1 aliphatic rings. The van der Waals surface area contributed by atoms with Gasteiger partial charge in [0, 0.05) is 14.1 Å². The van der Waals surface area contributed by atoms with E-state index in [9.17, 15) is 14.4 Å². The molecule has 1 aliphatic carbocycles. The molecule has 12 nitrogen and oxygen atoms in total. The molecule has 2 heterocycles. The van der Waals surface area contributed by atoms with Crippen molar-refractivity contribution in [2.45, 2.75) is 13.8 Å². The zero-order chi connectivity index (χ0) is 33.8. The maximum Gasteiger partial charge on any atom is 0.297 e. The second-order valence-electron chi connectivity index (χ2n) is 9.83. The van der Waals surface area contributed by atoms with Crippen LogP contribution in [0.25, 0.3) is 11.4 Å². The molecule has 0 bridgehead atoms. The molecule has 12 heteroatoms. The van der Waals surface area contributed by atoms with Gasteiger partial charge in [-0.1, -0.05) is 54.6 Å². The summed E-state index contributed by atoms with van der Waals surface area (Å²) in [6.07, 6.45) is 6.10. The summed E-state index contributed by atoms with van der Waals surface area (Å²) in [5, 5.41) is 20.6. The topological polar surface area (TPSA) is 170 Å². The molecule has 5 N–H and O–H groups in total. The van der Waals surface area contributed by atoms with E-state index in [0.717, 1.165) is 22.8 Å². The number of nitrogen functional groups attached to an aromatic ring is 1. The molecule has 0 radical (unpaired) electrons. The van der Waals surface area contributed by atoms with Crippen LogP contribution in [-0.2, 0) is 18.9 Å². The van der Waals surface area contributed by atoms with Crippen molar-refractivity contribution in [3.63, 3.8) is 0 Å². The highest BCUT2D eigenvalue weighted by molar-refractivity contribution is 6.17. The minimum Gasteiger partial charge on any atom is -0.508 e. The number of phenolic OH excluding ortho intramolecular Hbond substituents is 1. The fourth-order valence-electron chi connectivity index (χ4n) is 4.35. The predicted octanol–water partition coefficient (Wildman–Crippen LogP) is 4.73. The fourth-order valence-corrected chi connectivity index (χ4v) is 4.35. The Kier molecular flexibility index (Phi) is 12.1. The molecule has 5 aromatic rings. The summed E-state index contributed by atoms with van der Waals surface area (Å²) in [7, 11) is 3.64. The average Bonchev–Trinajstić information content (AvgIpc) is 3.41. The Morgan fingerprint density at radius 1 is 0.609 bits per heavy atom. The quantitative estimate of drug-likeness (QED) is 0.128. The van der Waals surface area contributed by atoms with E-state index < -0.39 is 0 Å². The summed E-state index contributed by atoms with van der Waals surface area (Å²) < 4.78 is 6.67. The van der Waals surface area contributed by atoms with Crippen molar-refractivity contribution in [1.29, 1.82) is 0 Å². The summed E-state index contributed by atoms with van der Waals surface area (Å²) in [6.45, 7) is 3.68. The molecule has 0 saturated carbocycles. The third-order valence-electron chi connectivity index (χ3n) is 6.96. The van der Waals surface area contributed by atoms with Crippen LogP contribution >= 0.6 is 0 Å². The number of aromatic hydroxyl groups is 1. The van der Waals surface area contributed by atoms with E-state index in [4.69, 9.17) is 21.4 Å². The number of para-hydroxylation sites is 3. The summed E-state index contributed by atoms with van der Waals surface area (Å²) >= 11 is 0. The summed E-state index contributed by atoms with van der Waals surface area (Å²) in [4.78, 5) is 40.0. The van der Waals surface area contributed by atoms with E-state index in [-0.39, 0.29) is 16.9 Å². The standard InChI is InChI=1S/C17H15N3O2.C11H13N3O.C6H6O.H2O2/c1-12-16(18-13-8-10-15(21)11-9-13)17(22)20(19(12)2)14-6-4-3-5-7-14;1-8-10(12)11(15)14(13(8)2)9-6-4-3-5-7-9;7-6-4-2-1-3-5-6;1-2/h3-11H,1-2H3;3-7H,12H2,1-2H3;1-5,7H;1-2H. The van der Waals surface area contributed by atoms with Crippen LogP contribution in [0, 0.1) is 13.8 Å². The van der Waals surface area contributed by atoms with Crippen LogP contribution in [0.15, 0.2) is 130 Å². The SMILES string of the molecule is Cc1c(N)c(=O)n(-c2ccccc2)n1C.Cc1c(N=C2C=CC(=O)C=C2)c(=O)n(-c2ccccc2)n1C.OO.Oc1ccccc1. The largest absolute Gasteiger partial charge is 0.508 e. The predicted molar refractivity (Wildman–Crippen MR) is 180 cm³/mol. The molecule has 0 fully saturated rings. The van der Waals surface area contributed by atoms with E-state index in [0.29, 0.717) is 22.8 Å². The molecule has 2 aromatic heterocycles. The van der Waals surface area contributed by atoms with E-state index in [1.807, 2.05) is 94.7 Å². The molecule has 0 atom stereocenters.